The number of carbonyl (C=O) groups is 1. The molecule has 6 nitrogen and oxygen atoms in total. The van der Waals surface area contributed by atoms with Crippen molar-refractivity contribution in [1.29, 1.82) is 0 Å². The van der Waals surface area contributed by atoms with Gasteiger partial charge in [0.1, 0.15) is 17.1 Å². The molecule has 0 aliphatic rings. The van der Waals surface area contributed by atoms with E-state index < -0.39 is 0 Å². The van der Waals surface area contributed by atoms with Gasteiger partial charge in [0.05, 0.1) is 18.3 Å². The molecule has 3 rings (SSSR count). The zero-order valence-corrected chi connectivity index (χ0v) is 18.9. The largest absolute Gasteiger partial charge is 0.494 e. The number of benzene rings is 1. The van der Waals surface area contributed by atoms with Crippen LogP contribution < -0.4 is 10.3 Å². The summed E-state index contributed by atoms with van der Waals surface area (Å²) < 4.78 is 6.96. The lowest BCUT2D eigenvalue weighted by Gasteiger charge is -2.21. The number of rotatable bonds is 9. The van der Waals surface area contributed by atoms with E-state index in [1.807, 2.05) is 56.9 Å². The minimum absolute atomic E-state index is 0.0133. The second kappa shape index (κ2) is 9.89. The van der Waals surface area contributed by atoms with Gasteiger partial charge in [-0.1, -0.05) is 26.0 Å². The van der Waals surface area contributed by atoms with E-state index in [0.717, 1.165) is 34.6 Å². The highest BCUT2D eigenvalue weighted by Gasteiger charge is 2.19. The summed E-state index contributed by atoms with van der Waals surface area (Å²) in [7, 11) is 0. The van der Waals surface area contributed by atoms with Gasteiger partial charge in [-0.3, -0.25) is 14.2 Å². The maximum Gasteiger partial charge on any atom is 0.263 e. The van der Waals surface area contributed by atoms with Crippen LogP contribution in [-0.2, 0) is 11.3 Å². The van der Waals surface area contributed by atoms with Crippen LogP contribution in [0.4, 0.5) is 0 Å². The van der Waals surface area contributed by atoms with Gasteiger partial charge in [-0.25, -0.2) is 4.98 Å². The summed E-state index contributed by atoms with van der Waals surface area (Å²) in [6, 6.07) is 7.75. The van der Waals surface area contributed by atoms with Crippen molar-refractivity contribution < 1.29 is 9.53 Å². The van der Waals surface area contributed by atoms with Gasteiger partial charge in [-0.15, -0.1) is 11.3 Å². The van der Waals surface area contributed by atoms with Crippen LogP contribution >= 0.6 is 11.3 Å². The molecule has 2 heterocycles. The number of nitrogens with zero attached hydrogens (tertiary/aromatic N) is 3. The first-order chi connectivity index (χ1) is 14.5. The van der Waals surface area contributed by atoms with Crippen LogP contribution in [0.15, 0.2) is 35.4 Å². The Bertz CT molecular complexity index is 1060. The maximum absolute atomic E-state index is 13.3. The number of hydrogen-bond acceptors (Lipinski definition) is 5. The fraction of sp³-hybridized carbons (Fsp3) is 0.435. The molecule has 0 atom stereocenters. The summed E-state index contributed by atoms with van der Waals surface area (Å²) in [5, 5.41) is 0.578. The Morgan fingerprint density at radius 3 is 2.40 bits per heavy atom. The molecule has 7 heteroatoms. The van der Waals surface area contributed by atoms with E-state index in [1.165, 1.54) is 22.2 Å². The molecule has 0 saturated carbocycles. The smallest absolute Gasteiger partial charge is 0.263 e. The molecule has 0 spiro atoms. The van der Waals surface area contributed by atoms with Gasteiger partial charge >= 0.3 is 0 Å². The van der Waals surface area contributed by atoms with E-state index >= 15 is 0 Å². The summed E-state index contributed by atoms with van der Waals surface area (Å²) in [6.45, 7) is 10.1. The molecular weight excluding hydrogens is 398 g/mol. The molecule has 0 saturated heterocycles. The topological polar surface area (TPSA) is 64.4 Å². The van der Waals surface area contributed by atoms with Gasteiger partial charge in [0, 0.05) is 23.5 Å². The average Bonchev–Trinajstić information content (AvgIpc) is 3.07. The first kappa shape index (κ1) is 22.0. The zero-order chi connectivity index (χ0) is 21.7. The molecule has 1 amide bonds. The average molecular weight is 428 g/mol. The van der Waals surface area contributed by atoms with Crippen molar-refractivity contribution in [2.75, 3.05) is 19.7 Å². The van der Waals surface area contributed by atoms with E-state index in [2.05, 4.69) is 4.98 Å². The van der Waals surface area contributed by atoms with Gasteiger partial charge < -0.3 is 9.64 Å². The highest BCUT2D eigenvalue weighted by atomic mass is 32.1. The second-order valence-corrected chi connectivity index (χ2v) is 8.43. The Labute approximate surface area is 181 Å². The Morgan fingerprint density at radius 2 is 1.80 bits per heavy atom. The number of thiophene rings is 1. The molecule has 30 heavy (non-hydrogen) atoms. The first-order valence-electron chi connectivity index (χ1n) is 10.5. The summed E-state index contributed by atoms with van der Waals surface area (Å²) >= 11 is 1.50. The SMILES string of the molecule is CCCN(CCC)C(=O)Cn1cnc2sc(C)c(-c3ccc(OCC)cc3)c2c1=O. The third-order valence-electron chi connectivity index (χ3n) is 4.95. The predicted molar refractivity (Wildman–Crippen MR) is 122 cm³/mol. The van der Waals surface area contributed by atoms with Crippen LogP contribution in [-0.4, -0.2) is 40.1 Å². The number of ether oxygens (including phenoxy) is 1. The third-order valence-corrected chi connectivity index (χ3v) is 5.97. The van der Waals surface area contributed by atoms with Crippen LogP contribution in [0.1, 0.15) is 38.5 Å². The van der Waals surface area contributed by atoms with Gasteiger partial charge in [-0.2, -0.15) is 0 Å². The summed E-state index contributed by atoms with van der Waals surface area (Å²) in [5.41, 5.74) is 1.66. The number of aryl methyl sites for hydroxylation is 1. The highest BCUT2D eigenvalue weighted by molar-refractivity contribution is 7.19. The van der Waals surface area contributed by atoms with Crippen molar-refractivity contribution in [3.8, 4) is 16.9 Å². The summed E-state index contributed by atoms with van der Waals surface area (Å²) in [4.78, 5) is 34.1. The van der Waals surface area contributed by atoms with Crippen LogP contribution in [0.5, 0.6) is 5.75 Å². The van der Waals surface area contributed by atoms with E-state index in [9.17, 15) is 9.59 Å². The predicted octanol–water partition coefficient (Wildman–Crippen LogP) is 4.48. The van der Waals surface area contributed by atoms with Crippen molar-refractivity contribution in [2.24, 2.45) is 0 Å². The van der Waals surface area contributed by atoms with Gasteiger partial charge in [-0.05, 0) is 44.4 Å². The van der Waals surface area contributed by atoms with E-state index in [4.69, 9.17) is 4.74 Å². The van der Waals surface area contributed by atoms with Gasteiger partial charge in [0.25, 0.3) is 5.56 Å². The molecule has 1 aromatic carbocycles. The summed E-state index contributed by atoms with van der Waals surface area (Å²) in [5.74, 6) is 0.753. The van der Waals surface area contributed by atoms with Gasteiger partial charge in [0.15, 0.2) is 0 Å². The van der Waals surface area contributed by atoms with E-state index in [0.29, 0.717) is 29.9 Å². The van der Waals surface area contributed by atoms with Crippen LogP contribution in [0.2, 0.25) is 0 Å². The number of amides is 1. The molecule has 0 unspecified atom stereocenters. The van der Waals surface area contributed by atoms with Crippen LogP contribution in [0.3, 0.4) is 0 Å². The molecule has 0 N–H and O–H groups in total. The maximum atomic E-state index is 13.3. The molecule has 0 aliphatic heterocycles. The monoisotopic (exact) mass is 427 g/mol. The quantitative estimate of drug-likeness (QED) is 0.505. The lowest BCUT2D eigenvalue weighted by Crippen LogP contribution is -2.37. The van der Waals surface area contributed by atoms with Crippen molar-refractivity contribution >= 4 is 27.5 Å². The Hall–Kier alpha value is -2.67. The minimum atomic E-state index is -0.172. The van der Waals surface area contributed by atoms with E-state index in [1.54, 1.807) is 0 Å². The molecule has 2 aromatic heterocycles. The lowest BCUT2D eigenvalue weighted by molar-refractivity contribution is -0.132. The van der Waals surface area contributed by atoms with Crippen molar-refractivity contribution in [3.63, 3.8) is 0 Å². The standard InChI is InChI=1S/C23H29N3O3S/c1-5-12-25(13-6-2)19(27)14-26-15-24-22-21(23(26)28)20(16(4)30-22)17-8-10-18(11-9-17)29-7-3/h8-11,15H,5-7,12-14H2,1-4H3. The van der Waals surface area contributed by atoms with Crippen LogP contribution in [0, 0.1) is 6.92 Å². The number of carbonyl (C=O) groups excluding carboxylic acids is 1. The normalized spacial score (nSPS) is 11.1. The molecule has 3 aromatic rings. The molecule has 0 radical (unpaired) electrons. The fourth-order valence-corrected chi connectivity index (χ4v) is 4.63. The molecule has 0 aliphatic carbocycles. The Morgan fingerprint density at radius 1 is 1.13 bits per heavy atom. The number of hydrogen-bond donors (Lipinski definition) is 0. The molecule has 160 valence electrons. The third kappa shape index (κ3) is 4.56. The molecule has 0 bridgehead atoms. The first-order valence-corrected chi connectivity index (χ1v) is 11.3. The second-order valence-electron chi connectivity index (χ2n) is 7.23. The fourth-order valence-electron chi connectivity index (χ4n) is 3.63. The number of aromatic nitrogens is 2. The number of fused-ring (bicyclic) bond motifs is 1. The Balaban J connectivity index is 2.00. The van der Waals surface area contributed by atoms with Gasteiger partial charge in [0.2, 0.25) is 5.91 Å². The lowest BCUT2D eigenvalue weighted by atomic mass is 10.0. The molecule has 0 fully saturated rings. The van der Waals surface area contributed by atoms with Crippen molar-refractivity contribution in [3.05, 3.63) is 45.8 Å². The minimum Gasteiger partial charge on any atom is -0.494 e. The highest BCUT2D eigenvalue weighted by Crippen LogP contribution is 2.36. The van der Waals surface area contributed by atoms with Crippen LogP contribution in [0.25, 0.3) is 21.3 Å². The van der Waals surface area contributed by atoms with E-state index in [-0.39, 0.29) is 18.0 Å². The van der Waals surface area contributed by atoms with Crippen molar-refractivity contribution in [1.82, 2.24) is 14.5 Å². The Kier molecular flexibility index (Phi) is 7.26. The molecular formula is C23H29N3O3S. The zero-order valence-electron chi connectivity index (χ0n) is 18.1. The summed E-state index contributed by atoms with van der Waals surface area (Å²) in [6.07, 6.45) is 3.28. The van der Waals surface area contributed by atoms with Crippen molar-refractivity contribution in [2.45, 2.75) is 47.1 Å².